The number of phenols is 1. The van der Waals surface area contributed by atoms with Gasteiger partial charge in [0.05, 0.1) is 16.1 Å². The number of carbonyl (C=O) groups excluding carboxylic acids is 1. The maximum absolute atomic E-state index is 11.1. The Morgan fingerprint density at radius 1 is 1.47 bits per heavy atom. The fraction of sp³-hybridized carbons (Fsp3) is 0.300. The van der Waals surface area contributed by atoms with E-state index in [-0.39, 0.29) is 18.2 Å². The fourth-order valence-corrected chi connectivity index (χ4v) is 2.51. The Morgan fingerprint density at radius 2 is 1.94 bits per heavy atom. The van der Waals surface area contributed by atoms with Crippen LogP contribution < -0.4 is 5.73 Å². The van der Waals surface area contributed by atoms with E-state index >= 15 is 0 Å². The van der Waals surface area contributed by atoms with Crippen LogP contribution in [-0.4, -0.2) is 24.2 Å². The van der Waals surface area contributed by atoms with Crippen LogP contribution in [0.2, 0.25) is 0 Å². The van der Waals surface area contributed by atoms with E-state index in [0.717, 1.165) is 5.56 Å². The molecular formula is C10H12Br2ClNO3. The van der Waals surface area contributed by atoms with Gasteiger partial charge in [-0.15, -0.1) is 12.4 Å². The van der Waals surface area contributed by atoms with Gasteiger partial charge in [0, 0.05) is 0 Å². The van der Waals surface area contributed by atoms with E-state index in [4.69, 9.17) is 5.73 Å². The molecule has 96 valence electrons. The van der Waals surface area contributed by atoms with Crippen molar-refractivity contribution >= 4 is 50.2 Å². The molecule has 1 atom stereocenters. The average Bonchev–Trinajstić information content (AvgIpc) is 2.24. The number of ether oxygens (including phenoxy) is 1. The van der Waals surface area contributed by atoms with Gasteiger partial charge >= 0.3 is 5.97 Å². The number of carbonyl (C=O) groups is 1. The summed E-state index contributed by atoms with van der Waals surface area (Å²) in [6.45, 7) is 0. The SMILES string of the molecule is COC(=O)C(N)Cc1cc(Br)c(O)c(Br)c1.Cl. The van der Waals surface area contributed by atoms with Crippen LogP contribution in [-0.2, 0) is 16.0 Å². The second kappa shape index (κ2) is 7.20. The maximum Gasteiger partial charge on any atom is 0.322 e. The van der Waals surface area contributed by atoms with Gasteiger partial charge in [-0.25, -0.2) is 0 Å². The fourth-order valence-electron chi connectivity index (χ4n) is 1.22. The molecule has 0 radical (unpaired) electrons. The van der Waals surface area contributed by atoms with E-state index < -0.39 is 12.0 Å². The second-order valence-corrected chi connectivity index (χ2v) is 4.95. The molecule has 0 bridgehead atoms. The first-order chi connectivity index (χ1) is 7.45. The summed E-state index contributed by atoms with van der Waals surface area (Å²) in [5, 5.41) is 9.50. The van der Waals surface area contributed by atoms with E-state index in [0.29, 0.717) is 15.4 Å². The van der Waals surface area contributed by atoms with Gasteiger partial charge in [-0.1, -0.05) is 0 Å². The molecule has 0 saturated carbocycles. The van der Waals surface area contributed by atoms with Crippen molar-refractivity contribution < 1.29 is 14.6 Å². The van der Waals surface area contributed by atoms with Gasteiger partial charge in [0.2, 0.25) is 0 Å². The Labute approximate surface area is 122 Å². The Bertz CT molecular complexity index is 392. The van der Waals surface area contributed by atoms with Crippen molar-refractivity contribution in [2.24, 2.45) is 5.73 Å². The number of benzene rings is 1. The first-order valence-corrected chi connectivity index (χ1v) is 6.04. The number of esters is 1. The molecule has 3 N–H and O–H groups in total. The van der Waals surface area contributed by atoms with Crippen molar-refractivity contribution in [3.8, 4) is 5.75 Å². The van der Waals surface area contributed by atoms with Gasteiger partial charge in [0.25, 0.3) is 0 Å². The van der Waals surface area contributed by atoms with Crippen molar-refractivity contribution in [2.75, 3.05) is 7.11 Å². The maximum atomic E-state index is 11.1. The minimum Gasteiger partial charge on any atom is -0.506 e. The molecule has 1 rings (SSSR count). The van der Waals surface area contributed by atoms with Crippen LogP contribution in [0.5, 0.6) is 5.75 Å². The second-order valence-electron chi connectivity index (χ2n) is 3.24. The summed E-state index contributed by atoms with van der Waals surface area (Å²) in [7, 11) is 1.30. The Hall–Kier alpha value is -0.300. The number of hydrogen-bond donors (Lipinski definition) is 2. The molecule has 0 fully saturated rings. The Morgan fingerprint density at radius 3 is 2.35 bits per heavy atom. The Balaban J connectivity index is 0.00000256. The van der Waals surface area contributed by atoms with Crippen LogP contribution in [0.4, 0.5) is 0 Å². The molecule has 1 aromatic rings. The summed E-state index contributed by atoms with van der Waals surface area (Å²) in [5.74, 6) is -0.337. The third-order valence-electron chi connectivity index (χ3n) is 2.04. The van der Waals surface area contributed by atoms with Crippen molar-refractivity contribution in [1.82, 2.24) is 0 Å². The van der Waals surface area contributed by atoms with Crippen LogP contribution in [0, 0.1) is 0 Å². The lowest BCUT2D eigenvalue weighted by Gasteiger charge is -2.10. The van der Waals surface area contributed by atoms with Crippen LogP contribution >= 0.6 is 44.3 Å². The zero-order valence-corrected chi connectivity index (χ0v) is 12.9. The monoisotopic (exact) mass is 387 g/mol. The van der Waals surface area contributed by atoms with E-state index in [1.165, 1.54) is 7.11 Å². The van der Waals surface area contributed by atoms with Crippen LogP contribution in [0.1, 0.15) is 5.56 Å². The summed E-state index contributed by atoms with van der Waals surface area (Å²) in [6, 6.07) is 2.72. The predicted octanol–water partition coefficient (Wildman–Crippen LogP) is 2.38. The molecule has 0 heterocycles. The molecular weight excluding hydrogens is 377 g/mol. The molecule has 1 aromatic carbocycles. The lowest BCUT2D eigenvalue weighted by atomic mass is 10.1. The number of halogens is 3. The number of methoxy groups -OCH3 is 1. The highest BCUT2D eigenvalue weighted by molar-refractivity contribution is 9.11. The number of phenolic OH excluding ortho intramolecular Hbond substituents is 1. The predicted molar refractivity (Wildman–Crippen MR) is 74.5 cm³/mol. The summed E-state index contributed by atoms with van der Waals surface area (Å²) < 4.78 is 5.63. The summed E-state index contributed by atoms with van der Waals surface area (Å²) in [5.41, 5.74) is 6.46. The Kier molecular flexibility index (Phi) is 7.08. The number of aromatic hydroxyl groups is 1. The van der Waals surface area contributed by atoms with Gasteiger partial charge < -0.3 is 15.6 Å². The summed E-state index contributed by atoms with van der Waals surface area (Å²) in [4.78, 5) is 11.1. The molecule has 0 saturated heterocycles. The minimum atomic E-state index is -0.701. The summed E-state index contributed by atoms with van der Waals surface area (Å²) in [6.07, 6.45) is 0.351. The van der Waals surface area contributed by atoms with Crippen LogP contribution in [0.3, 0.4) is 0 Å². The van der Waals surface area contributed by atoms with Gasteiger partial charge in [-0.2, -0.15) is 0 Å². The van der Waals surface area contributed by atoms with Crippen molar-refractivity contribution in [2.45, 2.75) is 12.5 Å². The van der Waals surface area contributed by atoms with E-state index in [2.05, 4.69) is 36.6 Å². The standard InChI is InChI=1S/C10H11Br2NO3.ClH/c1-16-10(15)8(13)4-5-2-6(11)9(14)7(12)3-5;/h2-3,8,14H,4,13H2,1H3;1H. The number of hydrogen-bond acceptors (Lipinski definition) is 4. The van der Waals surface area contributed by atoms with E-state index in [9.17, 15) is 9.90 Å². The molecule has 0 aromatic heterocycles. The number of nitrogens with two attached hydrogens (primary N) is 1. The quantitative estimate of drug-likeness (QED) is 0.779. The average molecular weight is 389 g/mol. The molecule has 0 aliphatic heterocycles. The third-order valence-corrected chi connectivity index (χ3v) is 3.25. The molecule has 0 spiro atoms. The molecule has 7 heteroatoms. The van der Waals surface area contributed by atoms with Gasteiger partial charge in [-0.05, 0) is 56.0 Å². The molecule has 17 heavy (non-hydrogen) atoms. The largest absolute Gasteiger partial charge is 0.506 e. The van der Waals surface area contributed by atoms with Crippen molar-refractivity contribution in [1.29, 1.82) is 0 Å². The molecule has 0 amide bonds. The van der Waals surface area contributed by atoms with E-state index in [1.807, 2.05) is 0 Å². The highest BCUT2D eigenvalue weighted by Gasteiger charge is 2.15. The smallest absolute Gasteiger partial charge is 0.322 e. The molecule has 0 aliphatic carbocycles. The van der Waals surface area contributed by atoms with Gasteiger partial charge in [0.1, 0.15) is 11.8 Å². The third kappa shape index (κ3) is 4.46. The first kappa shape index (κ1) is 16.7. The topological polar surface area (TPSA) is 72.5 Å². The van der Waals surface area contributed by atoms with Gasteiger partial charge in [-0.3, -0.25) is 4.79 Å². The molecule has 1 unspecified atom stereocenters. The zero-order valence-electron chi connectivity index (χ0n) is 8.94. The lowest BCUT2D eigenvalue weighted by molar-refractivity contribution is -0.142. The molecule has 0 aliphatic rings. The summed E-state index contributed by atoms with van der Waals surface area (Å²) >= 11 is 6.41. The highest BCUT2D eigenvalue weighted by Crippen LogP contribution is 2.33. The first-order valence-electron chi connectivity index (χ1n) is 4.46. The lowest BCUT2D eigenvalue weighted by Crippen LogP contribution is -2.33. The van der Waals surface area contributed by atoms with Gasteiger partial charge in [0.15, 0.2) is 0 Å². The van der Waals surface area contributed by atoms with Crippen LogP contribution in [0.15, 0.2) is 21.1 Å². The highest BCUT2D eigenvalue weighted by atomic mass is 79.9. The number of rotatable bonds is 3. The van der Waals surface area contributed by atoms with Crippen LogP contribution in [0.25, 0.3) is 0 Å². The van der Waals surface area contributed by atoms with Crippen molar-refractivity contribution in [3.63, 3.8) is 0 Å². The zero-order chi connectivity index (χ0) is 12.3. The molecule has 4 nitrogen and oxygen atoms in total. The van der Waals surface area contributed by atoms with E-state index in [1.54, 1.807) is 12.1 Å². The minimum absolute atomic E-state index is 0. The normalized spacial score (nSPS) is 11.5. The van der Waals surface area contributed by atoms with Crippen molar-refractivity contribution in [3.05, 3.63) is 26.6 Å².